The minimum Gasteiger partial charge on any atom is -0.493 e. The first-order valence-electron chi connectivity index (χ1n) is 10.2. The largest absolute Gasteiger partial charge is 0.493 e. The number of hydrogen-bond donors (Lipinski definition) is 0. The van der Waals surface area contributed by atoms with Crippen LogP contribution in [0.3, 0.4) is 0 Å². The van der Waals surface area contributed by atoms with Crippen molar-refractivity contribution in [2.75, 3.05) is 27.8 Å². The van der Waals surface area contributed by atoms with E-state index in [9.17, 15) is 0 Å². The Morgan fingerprint density at radius 1 is 0.862 bits per heavy atom. The van der Waals surface area contributed by atoms with Crippen molar-refractivity contribution in [2.45, 2.75) is 24.8 Å². The van der Waals surface area contributed by atoms with Crippen LogP contribution in [0.5, 0.6) is 11.5 Å². The highest BCUT2D eigenvalue weighted by atomic mass is 16.5. The lowest BCUT2D eigenvalue weighted by Crippen LogP contribution is -2.36. The van der Waals surface area contributed by atoms with E-state index >= 15 is 0 Å². The number of methoxy groups -OCH3 is 2. The first kappa shape index (κ1) is 19.5. The van der Waals surface area contributed by atoms with Crippen LogP contribution in [0.1, 0.15) is 28.2 Å². The third-order valence-electron chi connectivity index (χ3n) is 6.09. The molecule has 3 nitrogen and oxygen atoms in total. The molecule has 4 rings (SSSR count). The minimum atomic E-state index is 0.303. The summed E-state index contributed by atoms with van der Waals surface area (Å²) in [4.78, 5) is 2.52. The second kappa shape index (κ2) is 8.71. The molecule has 3 heteroatoms. The van der Waals surface area contributed by atoms with Crippen molar-refractivity contribution in [1.29, 1.82) is 0 Å². The second-order valence-electron chi connectivity index (χ2n) is 7.86. The Morgan fingerprint density at radius 2 is 1.48 bits per heavy atom. The van der Waals surface area contributed by atoms with E-state index < -0.39 is 0 Å². The van der Waals surface area contributed by atoms with Crippen molar-refractivity contribution in [3.63, 3.8) is 0 Å². The predicted octanol–water partition coefficient (Wildman–Crippen LogP) is 4.93. The van der Waals surface area contributed by atoms with E-state index in [1.54, 1.807) is 14.2 Å². The molecule has 29 heavy (non-hydrogen) atoms. The summed E-state index contributed by atoms with van der Waals surface area (Å²) in [5, 5.41) is 0. The zero-order valence-corrected chi connectivity index (χ0v) is 17.5. The summed E-state index contributed by atoms with van der Waals surface area (Å²) in [6.45, 7) is 0.976. The van der Waals surface area contributed by atoms with Gasteiger partial charge >= 0.3 is 0 Å². The Hall–Kier alpha value is -2.78. The summed E-state index contributed by atoms with van der Waals surface area (Å²) < 4.78 is 11.3. The highest BCUT2D eigenvalue weighted by Gasteiger charge is 2.30. The van der Waals surface area contributed by atoms with Gasteiger partial charge in [0.25, 0.3) is 0 Å². The highest BCUT2D eigenvalue weighted by molar-refractivity contribution is 5.51. The average Bonchev–Trinajstić information content (AvgIpc) is 2.90. The van der Waals surface area contributed by atoms with Crippen LogP contribution >= 0.6 is 0 Å². The zero-order valence-electron chi connectivity index (χ0n) is 17.5. The molecule has 2 atom stereocenters. The molecular formula is C26H29NO2. The summed E-state index contributed by atoms with van der Waals surface area (Å²) >= 11 is 0. The predicted molar refractivity (Wildman–Crippen MR) is 118 cm³/mol. The fourth-order valence-electron chi connectivity index (χ4n) is 4.47. The smallest absolute Gasteiger partial charge is 0.161 e. The van der Waals surface area contributed by atoms with Crippen molar-refractivity contribution in [2.24, 2.45) is 0 Å². The Bertz CT molecular complexity index is 940. The van der Waals surface area contributed by atoms with Crippen LogP contribution < -0.4 is 9.47 Å². The monoisotopic (exact) mass is 387 g/mol. The molecule has 0 unspecified atom stereocenters. The number of ether oxygens (including phenoxy) is 2. The molecule has 0 fully saturated rings. The maximum atomic E-state index is 5.64. The molecule has 0 bridgehead atoms. The van der Waals surface area contributed by atoms with Gasteiger partial charge in [-0.15, -0.1) is 0 Å². The number of likely N-dealkylation sites (N-methyl/N-ethyl adjacent to an activating group) is 1. The Balaban J connectivity index is 1.77. The van der Waals surface area contributed by atoms with Gasteiger partial charge in [-0.25, -0.2) is 0 Å². The molecule has 0 aromatic heterocycles. The van der Waals surface area contributed by atoms with E-state index in [2.05, 4.69) is 84.7 Å². The van der Waals surface area contributed by atoms with Gasteiger partial charge in [0.2, 0.25) is 0 Å². The van der Waals surface area contributed by atoms with Gasteiger partial charge in [-0.3, -0.25) is 0 Å². The maximum Gasteiger partial charge on any atom is 0.161 e. The van der Waals surface area contributed by atoms with Gasteiger partial charge in [0.1, 0.15) is 0 Å². The van der Waals surface area contributed by atoms with Crippen molar-refractivity contribution in [3.05, 3.63) is 95.1 Å². The molecule has 3 aromatic carbocycles. The molecule has 150 valence electrons. The number of nitrogens with zero attached hydrogens (tertiary/aromatic N) is 1. The van der Waals surface area contributed by atoms with E-state index in [1.165, 1.54) is 22.3 Å². The second-order valence-corrected chi connectivity index (χ2v) is 7.86. The van der Waals surface area contributed by atoms with Crippen molar-refractivity contribution >= 4 is 0 Å². The molecule has 0 radical (unpaired) electrons. The number of benzene rings is 3. The normalized spacial score (nSPS) is 19.3. The van der Waals surface area contributed by atoms with Gasteiger partial charge in [0.15, 0.2) is 11.5 Å². The first-order chi connectivity index (χ1) is 14.2. The summed E-state index contributed by atoms with van der Waals surface area (Å²) in [6.07, 6.45) is 2.02. The molecule has 1 aliphatic heterocycles. The molecule has 1 heterocycles. The zero-order chi connectivity index (χ0) is 20.2. The average molecular weight is 388 g/mol. The van der Waals surface area contributed by atoms with E-state index in [1.807, 2.05) is 0 Å². The Morgan fingerprint density at radius 3 is 2.14 bits per heavy atom. The number of hydrogen-bond acceptors (Lipinski definition) is 3. The summed E-state index contributed by atoms with van der Waals surface area (Å²) in [5.74, 6) is 1.91. The lowest BCUT2D eigenvalue weighted by Gasteiger charge is -2.28. The minimum absolute atomic E-state index is 0.303. The van der Waals surface area contributed by atoms with Gasteiger partial charge in [0.05, 0.1) is 14.2 Å². The summed E-state index contributed by atoms with van der Waals surface area (Å²) in [5.41, 5.74) is 5.41. The standard InChI is InChI=1S/C26H29NO2/c1-27-18-24(20-12-8-5-9-13-20)23-17-26(29-3)25(28-2)16-21(23)15-22(27)14-19-10-6-4-7-11-19/h4-13,16-17,22,24H,14-15,18H2,1-3H3/t22-,24+/m1/s1. The SMILES string of the molecule is COc1cc2c(cc1OC)[C@H](c1ccccc1)CN(C)[C@H](Cc1ccccc1)C2. The van der Waals surface area contributed by atoms with Crippen LogP contribution in [0.15, 0.2) is 72.8 Å². The lowest BCUT2D eigenvalue weighted by molar-refractivity contribution is 0.240. The van der Waals surface area contributed by atoms with Crippen LogP contribution in [0.25, 0.3) is 0 Å². The maximum absolute atomic E-state index is 5.64. The van der Waals surface area contributed by atoms with Crippen LogP contribution in [0.4, 0.5) is 0 Å². The van der Waals surface area contributed by atoms with E-state index in [-0.39, 0.29) is 0 Å². The van der Waals surface area contributed by atoms with Crippen molar-refractivity contribution < 1.29 is 9.47 Å². The first-order valence-corrected chi connectivity index (χ1v) is 10.2. The summed E-state index contributed by atoms with van der Waals surface area (Å²) in [7, 11) is 5.68. The van der Waals surface area contributed by atoms with Crippen LogP contribution in [-0.4, -0.2) is 38.8 Å². The topological polar surface area (TPSA) is 21.7 Å². The Kier molecular flexibility index (Phi) is 5.86. The fourth-order valence-corrected chi connectivity index (χ4v) is 4.47. The molecular weight excluding hydrogens is 358 g/mol. The molecule has 0 saturated heterocycles. The quantitative estimate of drug-likeness (QED) is 0.619. The third kappa shape index (κ3) is 4.15. The van der Waals surface area contributed by atoms with Gasteiger partial charge in [-0.1, -0.05) is 60.7 Å². The molecule has 3 aromatic rings. The Labute approximate surface area is 173 Å². The highest BCUT2D eigenvalue weighted by Crippen LogP contribution is 2.39. The van der Waals surface area contributed by atoms with Crippen molar-refractivity contribution in [3.8, 4) is 11.5 Å². The molecule has 0 spiro atoms. The third-order valence-corrected chi connectivity index (χ3v) is 6.09. The molecule has 0 amide bonds. The lowest BCUT2D eigenvalue weighted by atomic mass is 9.87. The van der Waals surface area contributed by atoms with Crippen LogP contribution in [0.2, 0.25) is 0 Å². The summed E-state index contributed by atoms with van der Waals surface area (Å²) in [6, 6.07) is 26.4. The molecule has 0 N–H and O–H groups in total. The number of rotatable bonds is 5. The van der Waals surface area contributed by atoms with Crippen molar-refractivity contribution in [1.82, 2.24) is 4.90 Å². The molecule has 0 saturated carbocycles. The van der Waals surface area contributed by atoms with Gasteiger partial charge < -0.3 is 14.4 Å². The van der Waals surface area contributed by atoms with E-state index in [0.717, 1.165) is 30.9 Å². The molecule has 1 aliphatic rings. The van der Waals surface area contributed by atoms with E-state index in [0.29, 0.717) is 12.0 Å². The van der Waals surface area contributed by atoms with Gasteiger partial charge in [0, 0.05) is 18.5 Å². The van der Waals surface area contributed by atoms with Gasteiger partial charge in [-0.05, 0) is 54.3 Å². The molecule has 0 aliphatic carbocycles. The van der Waals surface area contributed by atoms with Gasteiger partial charge in [-0.2, -0.15) is 0 Å². The fraction of sp³-hybridized carbons (Fsp3) is 0.308. The van der Waals surface area contributed by atoms with Crippen LogP contribution in [0, 0.1) is 0 Å². The van der Waals surface area contributed by atoms with E-state index in [4.69, 9.17) is 9.47 Å². The van der Waals surface area contributed by atoms with Crippen LogP contribution in [-0.2, 0) is 12.8 Å². The number of fused-ring (bicyclic) bond motifs is 1.